The quantitative estimate of drug-likeness (QED) is 0.542. The van der Waals surface area contributed by atoms with E-state index in [2.05, 4.69) is 27.7 Å². The molecular formula is C19H34O4. The summed E-state index contributed by atoms with van der Waals surface area (Å²) in [5.41, 5.74) is -1.16. The van der Waals surface area contributed by atoms with Crippen LogP contribution in [0.3, 0.4) is 0 Å². The van der Waals surface area contributed by atoms with Crippen LogP contribution in [0.1, 0.15) is 68.2 Å². The highest BCUT2D eigenvalue weighted by Gasteiger charge is 2.62. The maximum Gasteiger partial charge on any atom is 0.324 e. The van der Waals surface area contributed by atoms with E-state index in [1.165, 1.54) is 0 Å². The molecule has 1 rings (SSSR count). The van der Waals surface area contributed by atoms with Gasteiger partial charge in [-0.05, 0) is 64.2 Å². The molecule has 2 atom stereocenters. The van der Waals surface area contributed by atoms with Crippen LogP contribution >= 0.6 is 0 Å². The summed E-state index contributed by atoms with van der Waals surface area (Å²) in [6.07, 6.45) is 0.908. The predicted molar refractivity (Wildman–Crippen MR) is 90.8 cm³/mol. The molecule has 1 aliphatic carbocycles. The molecule has 1 fully saturated rings. The van der Waals surface area contributed by atoms with Gasteiger partial charge >= 0.3 is 11.9 Å². The average molecular weight is 326 g/mol. The Morgan fingerprint density at radius 1 is 0.826 bits per heavy atom. The first-order valence-corrected chi connectivity index (χ1v) is 8.96. The van der Waals surface area contributed by atoms with E-state index < -0.39 is 17.4 Å². The summed E-state index contributed by atoms with van der Waals surface area (Å²) in [5.74, 6) is 0.113. The highest BCUT2D eigenvalue weighted by Crippen LogP contribution is 2.54. The second kappa shape index (κ2) is 7.67. The van der Waals surface area contributed by atoms with Crippen molar-refractivity contribution in [2.24, 2.45) is 29.1 Å². The summed E-state index contributed by atoms with van der Waals surface area (Å²) >= 11 is 0. The lowest BCUT2D eigenvalue weighted by Gasteiger charge is -2.38. The summed E-state index contributed by atoms with van der Waals surface area (Å²) < 4.78 is 11.0. The Kier molecular flexibility index (Phi) is 6.67. The van der Waals surface area contributed by atoms with Gasteiger partial charge in [-0.25, -0.2) is 0 Å². The molecule has 0 radical (unpaired) electrons. The summed E-state index contributed by atoms with van der Waals surface area (Å²) in [4.78, 5) is 25.9. The fourth-order valence-corrected chi connectivity index (χ4v) is 4.12. The number of rotatable bonds is 6. The molecule has 2 unspecified atom stereocenters. The monoisotopic (exact) mass is 326 g/mol. The first-order valence-electron chi connectivity index (χ1n) is 8.96. The first-order chi connectivity index (χ1) is 10.5. The Labute approximate surface area is 141 Å². The van der Waals surface area contributed by atoms with Crippen LogP contribution in [0.5, 0.6) is 0 Å². The predicted octanol–water partition coefficient (Wildman–Crippen LogP) is 4.21. The van der Waals surface area contributed by atoms with Gasteiger partial charge in [0.05, 0.1) is 12.2 Å². The highest BCUT2D eigenvalue weighted by atomic mass is 16.6. The van der Waals surface area contributed by atoms with Gasteiger partial charge in [0.1, 0.15) is 0 Å². The molecule has 0 aliphatic heterocycles. The first kappa shape index (κ1) is 20.0. The third kappa shape index (κ3) is 4.07. The Bertz CT molecular complexity index is 401. The minimum absolute atomic E-state index is 0.0417. The molecule has 4 nitrogen and oxygen atoms in total. The topological polar surface area (TPSA) is 52.6 Å². The molecule has 0 amide bonds. The lowest BCUT2D eigenvalue weighted by molar-refractivity contribution is -0.182. The second-order valence-corrected chi connectivity index (χ2v) is 8.10. The van der Waals surface area contributed by atoms with Gasteiger partial charge in [-0.1, -0.05) is 27.7 Å². The Hall–Kier alpha value is -1.06. The van der Waals surface area contributed by atoms with Crippen molar-refractivity contribution in [2.75, 3.05) is 0 Å². The minimum atomic E-state index is -1.16. The van der Waals surface area contributed by atoms with E-state index in [0.29, 0.717) is 18.3 Å². The Morgan fingerprint density at radius 2 is 1.26 bits per heavy atom. The fourth-order valence-electron chi connectivity index (χ4n) is 4.12. The summed E-state index contributed by atoms with van der Waals surface area (Å²) in [5, 5.41) is 0. The van der Waals surface area contributed by atoms with Gasteiger partial charge < -0.3 is 9.47 Å². The van der Waals surface area contributed by atoms with Gasteiger partial charge in [0.2, 0.25) is 0 Å². The van der Waals surface area contributed by atoms with E-state index in [1.54, 1.807) is 0 Å². The van der Waals surface area contributed by atoms with E-state index >= 15 is 0 Å². The van der Waals surface area contributed by atoms with Gasteiger partial charge in [-0.3, -0.25) is 9.59 Å². The van der Waals surface area contributed by atoms with E-state index in [4.69, 9.17) is 9.47 Å². The molecule has 0 saturated heterocycles. The van der Waals surface area contributed by atoms with Crippen LogP contribution in [0.4, 0.5) is 0 Å². The van der Waals surface area contributed by atoms with Crippen molar-refractivity contribution < 1.29 is 19.1 Å². The van der Waals surface area contributed by atoms with Crippen LogP contribution in [0.15, 0.2) is 0 Å². The maximum absolute atomic E-state index is 13.0. The molecule has 0 heterocycles. The molecule has 0 N–H and O–H groups in total. The largest absolute Gasteiger partial charge is 0.462 e. The van der Waals surface area contributed by atoms with Crippen LogP contribution in [0.2, 0.25) is 0 Å². The van der Waals surface area contributed by atoms with Gasteiger partial charge in [-0.2, -0.15) is 0 Å². The van der Waals surface area contributed by atoms with E-state index in [1.807, 2.05) is 27.7 Å². The van der Waals surface area contributed by atoms with E-state index in [-0.39, 0.29) is 24.0 Å². The van der Waals surface area contributed by atoms with Crippen LogP contribution < -0.4 is 0 Å². The van der Waals surface area contributed by atoms with Crippen molar-refractivity contribution >= 4 is 11.9 Å². The average Bonchev–Trinajstić information content (AvgIpc) is 2.78. The zero-order valence-corrected chi connectivity index (χ0v) is 16.0. The minimum Gasteiger partial charge on any atom is -0.462 e. The number of hydrogen-bond donors (Lipinski definition) is 0. The molecule has 0 aromatic rings. The van der Waals surface area contributed by atoms with E-state index in [0.717, 1.165) is 6.42 Å². The third-order valence-electron chi connectivity index (χ3n) is 4.89. The molecule has 23 heavy (non-hydrogen) atoms. The van der Waals surface area contributed by atoms with Crippen molar-refractivity contribution in [3.05, 3.63) is 0 Å². The van der Waals surface area contributed by atoms with Crippen LogP contribution in [-0.2, 0) is 19.1 Å². The number of esters is 2. The molecule has 134 valence electrons. The van der Waals surface area contributed by atoms with Gasteiger partial charge in [0, 0.05) is 0 Å². The molecule has 0 aromatic carbocycles. The van der Waals surface area contributed by atoms with Crippen LogP contribution in [-0.4, -0.2) is 24.1 Å². The molecule has 0 bridgehead atoms. The van der Waals surface area contributed by atoms with Crippen LogP contribution in [0, 0.1) is 29.1 Å². The highest BCUT2D eigenvalue weighted by molar-refractivity contribution is 6.01. The number of ether oxygens (including phenoxy) is 2. The number of carbonyl (C=O) groups is 2. The van der Waals surface area contributed by atoms with Crippen LogP contribution in [0.25, 0.3) is 0 Å². The standard InChI is InChI=1S/C19H34O4/c1-11(2)15-9-10-19(16(15)12(3)4,17(20)22-13(5)6)18(21)23-14(7)8/h11-16H,9-10H2,1-8H3. The molecule has 1 aliphatic rings. The van der Waals surface area contributed by atoms with Gasteiger partial charge in [-0.15, -0.1) is 0 Å². The molecule has 1 saturated carbocycles. The normalized spacial score (nSPS) is 23.8. The third-order valence-corrected chi connectivity index (χ3v) is 4.89. The number of hydrogen-bond acceptors (Lipinski definition) is 4. The molecule has 4 heteroatoms. The Balaban J connectivity index is 3.32. The second-order valence-electron chi connectivity index (χ2n) is 8.10. The van der Waals surface area contributed by atoms with Gasteiger partial charge in [0.25, 0.3) is 0 Å². The zero-order valence-electron chi connectivity index (χ0n) is 16.0. The summed E-state index contributed by atoms with van der Waals surface area (Å²) in [6, 6.07) is 0. The lowest BCUT2D eigenvalue weighted by atomic mass is 9.67. The van der Waals surface area contributed by atoms with Crippen molar-refractivity contribution in [1.29, 1.82) is 0 Å². The van der Waals surface area contributed by atoms with Crippen molar-refractivity contribution in [1.82, 2.24) is 0 Å². The SMILES string of the molecule is CC(C)OC(=O)C1(C(=O)OC(C)C)CCC(C(C)C)C1C(C)C. The van der Waals surface area contributed by atoms with Crippen molar-refractivity contribution in [3.8, 4) is 0 Å². The zero-order chi connectivity index (χ0) is 17.9. The lowest BCUT2D eigenvalue weighted by Crippen LogP contribution is -2.49. The van der Waals surface area contributed by atoms with Crippen molar-refractivity contribution in [3.63, 3.8) is 0 Å². The van der Waals surface area contributed by atoms with Crippen molar-refractivity contribution in [2.45, 2.75) is 80.4 Å². The molecule has 0 aromatic heterocycles. The number of carbonyl (C=O) groups excluding carboxylic acids is 2. The van der Waals surface area contributed by atoms with E-state index in [9.17, 15) is 9.59 Å². The Morgan fingerprint density at radius 3 is 1.57 bits per heavy atom. The summed E-state index contributed by atoms with van der Waals surface area (Å²) in [6.45, 7) is 15.8. The maximum atomic E-state index is 13.0. The van der Waals surface area contributed by atoms with Gasteiger partial charge in [0.15, 0.2) is 5.41 Å². The smallest absolute Gasteiger partial charge is 0.324 e. The summed E-state index contributed by atoms with van der Waals surface area (Å²) in [7, 11) is 0. The fraction of sp³-hybridized carbons (Fsp3) is 0.895. The molecule has 0 spiro atoms. The molecular weight excluding hydrogens is 292 g/mol.